The molecule has 0 saturated carbocycles. The first kappa shape index (κ1) is 7.39. The van der Waals surface area contributed by atoms with Crippen molar-refractivity contribution in [2.75, 3.05) is 0 Å². The van der Waals surface area contributed by atoms with Crippen molar-refractivity contribution in [3.05, 3.63) is 24.6 Å². The molecule has 10 heavy (non-hydrogen) atoms. The van der Waals surface area contributed by atoms with Gasteiger partial charge in [0.2, 0.25) is 0 Å². The molecule has 1 nitrogen and oxygen atoms in total. The summed E-state index contributed by atoms with van der Waals surface area (Å²) in [5.41, 5.74) is 0. The molecule has 1 aliphatic heterocycles. The number of hydrogen-bond acceptors (Lipinski definition) is 1. The van der Waals surface area contributed by atoms with E-state index in [0.29, 0.717) is 5.92 Å². The number of unbranched alkanes of at least 4 members (excludes halogenated alkanes) is 1. The van der Waals surface area contributed by atoms with Crippen LogP contribution in [-0.4, -0.2) is 0 Å². The van der Waals surface area contributed by atoms with Crippen molar-refractivity contribution in [1.82, 2.24) is 5.32 Å². The van der Waals surface area contributed by atoms with Crippen LogP contribution in [0.5, 0.6) is 0 Å². The van der Waals surface area contributed by atoms with Gasteiger partial charge in [-0.25, -0.2) is 0 Å². The molecule has 0 fully saturated rings. The van der Waals surface area contributed by atoms with Crippen molar-refractivity contribution in [2.24, 2.45) is 5.92 Å². The van der Waals surface area contributed by atoms with E-state index in [-0.39, 0.29) is 0 Å². The third-order valence-electron chi connectivity index (χ3n) is 1.77. The fourth-order valence-electron chi connectivity index (χ4n) is 1.11. The van der Waals surface area contributed by atoms with E-state index in [2.05, 4.69) is 24.4 Å². The lowest BCUT2D eigenvalue weighted by Gasteiger charge is -2.09. The van der Waals surface area contributed by atoms with Gasteiger partial charge in [0.25, 0.3) is 0 Å². The molecule has 0 unspecified atom stereocenters. The van der Waals surface area contributed by atoms with E-state index in [4.69, 9.17) is 0 Å². The molecule has 1 heteroatoms. The molecule has 0 aromatic carbocycles. The van der Waals surface area contributed by atoms with Gasteiger partial charge in [-0.3, -0.25) is 0 Å². The van der Waals surface area contributed by atoms with Gasteiger partial charge in [0.1, 0.15) is 0 Å². The van der Waals surface area contributed by atoms with Gasteiger partial charge in [-0.15, -0.1) is 0 Å². The Balaban J connectivity index is 2.20. The van der Waals surface area contributed by atoms with Gasteiger partial charge in [-0.05, 0) is 24.7 Å². The van der Waals surface area contributed by atoms with Gasteiger partial charge >= 0.3 is 0 Å². The van der Waals surface area contributed by atoms with E-state index in [1.54, 1.807) is 0 Å². The summed E-state index contributed by atoms with van der Waals surface area (Å²) in [7, 11) is 0. The van der Waals surface area contributed by atoms with Crippen LogP contribution in [0.15, 0.2) is 24.6 Å². The SMILES string of the molecule is CCCCC1C=CNC=C1. The van der Waals surface area contributed by atoms with Gasteiger partial charge in [0, 0.05) is 0 Å². The highest BCUT2D eigenvalue weighted by molar-refractivity contribution is 5.05. The van der Waals surface area contributed by atoms with E-state index >= 15 is 0 Å². The minimum atomic E-state index is 0.682. The predicted molar refractivity (Wildman–Crippen MR) is 44.4 cm³/mol. The fraction of sp³-hybridized carbons (Fsp3) is 0.556. The topological polar surface area (TPSA) is 12.0 Å². The zero-order valence-electron chi connectivity index (χ0n) is 6.51. The van der Waals surface area contributed by atoms with Gasteiger partial charge in [-0.1, -0.05) is 31.9 Å². The lowest BCUT2D eigenvalue weighted by Crippen LogP contribution is -2.03. The van der Waals surface area contributed by atoms with Crippen LogP contribution in [0.25, 0.3) is 0 Å². The van der Waals surface area contributed by atoms with Crippen LogP contribution in [0.4, 0.5) is 0 Å². The summed E-state index contributed by atoms with van der Waals surface area (Å²) in [6.45, 7) is 2.23. The van der Waals surface area contributed by atoms with Crippen molar-refractivity contribution >= 4 is 0 Å². The average molecular weight is 137 g/mol. The minimum absolute atomic E-state index is 0.682. The average Bonchev–Trinajstić information content (AvgIpc) is 2.03. The van der Waals surface area contributed by atoms with E-state index in [0.717, 1.165) is 0 Å². The largest absolute Gasteiger partial charge is 0.368 e. The fourth-order valence-corrected chi connectivity index (χ4v) is 1.11. The standard InChI is InChI=1S/C9H15N/c1-2-3-4-9-5-7-10-8-6-9/h5-10H,2-4H2,1H3. The summed E-state index contributed by atoms with van der Waals surface area (Å²) >= 11 is 0. The van der Waals surface area contributed by atoms with Crippen LogP contribution in [0.2, 0.25) is 0 Å². The molecule has 1 aliphatic rings. The predicted octanol–water partition coefficient (Wildman–Crippen LogP) is 2.42. The van der Waals surface area contributed by atoms with E-state index in [1.807, 2.05) is 12.4 Å². The number of hydrogen-bond donors (Lipinski definition) is 1. The van der Waals surface area contributed by atoms with E-state index in [1.165, 1.54) is 19.3 Å². The van der Waals surface area contributed by atoms with Crippen LogP contribution < -0.4 is 5.32 Å². The Morgan fingerprint density at radius 2 is 2.00 bits per heavy atom. The molecule has 0 saturated heterocycles. The number of nitrogens with one attached hydrogen (secondary N) is 1. The van der Waals surface area contributed by atoms with E-state index in [9.17, 15) is 0 Å². The molecule has 1 rings (SSSR count). The van der Waals surface area contributed by atoms with Crippen LogP contribution in [0.1, 0.15) is 26.2 Å². The van der Waals surface area contributed by atoms with Crippen LogP contribution >= 0.6 is 0 Å². The molecule has 0 aromatic rings. The molecule has 0 amide bonds. The molecule has 0 bridgehead atoms. The first-order valence-electron chi connectivity index (χ1n) is 4.03. The van der Waals surface area contributed by atoms with Gasteiger partial charge < -0.3 is 5.32 Å². The lowest BCUT2D eigenvalue weighted by atomic mass is 10.0. The Labute approximate surface area is 62.8 Å². The van der Waals surface area contributed by atoms with Crippen LogP contribution in [0, 0.1) is 5.92 Å². The summed E-state index contributed by atoms with van der Waals surface area (Å²) in [6, 6.07) is 0. The monoisotopic (exact) mass is 137 g/mol. The Morgan fingerprint density at radius 3 is 2.60 bits per heavy atom. The van der Waals surface area contributed by atoms with Gasteiger partial charge in [0.15, 0.2) is 0 Å². The summed E-state index contributed by atoms with van der Waals surface area (Å²) in [5, 5.41) is 3.03. The van der Waals surface area contributed by atoms with Gasteiger partial charge in [0.05, 0.1) is 0 Å². The maximum Gasteiger partial charge on any atom is -0.00188 e. The molecule has 1 heterocycles. The molecule has 0 radical (unpaired) electrons. The zero-order chi connectivity index (χ0) is 7.23. The Bertz CT molecular complexity index is 124. The highest BCUT2D eigenvalue weighted by Crippen LogP contribution is 2.12. The second kappa shape index (κ2) is 4.15. The molecule has 0 aromatic heterocycles. The third kappa shape index (κ3) is 2.26. The summed E-state index contributed by atoms with van der Waals surface area (Å²) in [6.07, 6.45) is 12.4. The third-order valence-corrected chi connectivity index (χ3v) is 1.77. The first-order valence-corrected chi connectivity index (χ1v) is 4.03. The second-order valence-corrected chi connectivity index (χ2v) is 2.69. The van der Waals surface area contributed by atoms with Crippen LogP contribution in [-0.2, 0) is 0 Å². The number of dihydropyridines is 1. The van der Waals surface area contributed by atoms with Crippen molar-refractivity contribution < 1.29 is 0 Å². The molecule has 0 aliphatic carbocycles. The lowest BCUT2D eigenvalue weighted by molar-refractivity contribution is 0.633. The summed E-state index contributed by atoms with van der Waals surface area (Å²) < 4.78 is 0. The molecular weight excluding hydrogens is 122 g/mol. The van der Waals surface area contributed by atoms with Crippen LogP contribution in [0.3, 0.4) is 0 Å². The molecule has 0 spiro atoms. The number of allylic oxidation sites excluding steroid dienone is 2. The van der Waals surface area contributed by atoms with Crippen molar-refractivity contribution in [3.63, 3.8) is 0 Å². The highest BCUT2D eigenvalue weighted by atomic mass is 14.8. The van der Waals surface area contributed by atoms with Gasteiger partial charge in [-0.2, -0.15) is 0 Å². The molecular formula is C9H15N. The molecule has 56 valence electrons. The smallest absolute Gasteiger partial charge is 0.00188 e. The summed E-state index contributed by atoms with van der Waals surface area (Å²) in [5.74, 6) is 0.682. The highest BCUT2D eigenvalue weighted by Gasteiger charge is 2.00. The Morgan fingerprint density at radius 1 is 1.30 bits per heavy atom. The normalized spacial score (nSPS) is 17.3. The first-order chi connectivity index (χ1) is 4.93. The number of rotatable bonds is 3. The molecule has 1 N–H and O–H groups in total. The zero-order valence-corrected chi connectivity index (χ0v) is 6.51. The Kier molecular flexibility index (Phi) is 3.07. The maximum absolute atomic E-state index is 3.03. The molecule has 0 atom stereocenters. The quantitative estimate of drug-likeness (QED) is 0.630. The van der Waals surface area contributed by atoms with E-state index < -0.39 is 0 Å². The Hall–Kier alpha value is -0.720. The maximum atomic E-state index is 3.03. The van der Waals surface area contributed by atoms with Crippen molar-refractivity contribution in [2.45, 2.75) is 26.2 Å². The second-order valence-electron chi connectivity index (χ2n) is 2.69. The summed E-state index contributed by atoms with van der Waals surface area (Å²) in [4.78, 5) is 0. The minimum Gasteiger partial charge on any atom is -0.368 e. The van der Waals surface area contributed by atoms with Crippen molar-refractivity contribution in [3.8, 4) is 0 Å². The van der Waals surface area contributed by atoms with Crippen molar-refractivity contribution in [1.29, 1.82) is 0 Å².